The van der Waals surface area contributed by atoms with E-state index in [2.05, 4.69) is 21.5 Å². The first-order valence-electron chi connectivity index (χ1n) is 7.85. The number of thiophene rings is 1. The number of nitrogens with zero attached hydrogens (tertiary/aromatic N) is 2. The highest BCUT2D eigenvalue weighted by molar-refractivity contribution is 7.13. The second kappa shape index (κ2) is 6.83. The third-order valence-corrected chi connectivity index (χ3v) is 4.61. The number of anilines is 1. The Balaban J connectivity index is 1.56. The minimum absolute atomic E-state index is 0.0560. The number of hydrogen-bond donors (Lipinski definition) is 1. The van der Waals surface area contributed by atoms with E-state index in [-0.39, 0.29) is 5.91 Å². The van der Waals surface area contributed by atoms with Crippen molar-refractivity contribution in [3.63, 3.8) is 0 Å². The van der Waals surface area contributed by atoms with Gasteiger partial charge in [0.2, 0.25) is 5.91 Å². The van der Waals surface area contributed by atoms with Gasteiger partial charge in [-0.05, 0) is 35.2 Å². The van der Waals surface area contributed by atoms with E-state index < -0.39 is 0 Å². The van der Waals surface area contributed by atoms with Crippen LogP contribution in [0.4, 0.5) is 5.69 Å². The lowest BCUT2D eigenvalue weighted by Crippen LogP contribution is -2.14. The number of carbonyl (C=O) groups is 1. The molecular weight excluding hydrogens is 330 g/mol. The molecule has 2 aromatic carbocycles. The number of hydrogen-bond acceptors (Lipinski definition) is 4. The van der Waals surface area contributed by atoms with Gasteiger partial charge in [-0.15, -0.1) is 11.3 Å². The van der Waals surface area contributed by atoms with Gasteiger partial charge < -0.3 is 5.32 Å². The van der Waals surface area contributed by atoms with Gasteiger partial charge in [0, 0.05) is 5.69 Å². The Hall–Kier alpha value is -3.05. The average Bonchev–Trinajstić information content (AvgIpc) is 3.16. The van der Waals surface area contributed by atoms with Gasteiger partial charge in [0.15, 0.2) is 0 Å². The summed E-state index contributed by atoms with van der Waals surface area (Å²) in [5.74, 6) is -0.0560. The maximum absolute atomic E-state index is 12.2. The molecule has 1 radical (unpaired) electrons. The second-order valence-electron chi connectivity index (χ2n) is 5.58. The molecule has 2 aromatic heterocycles. The van der Waals surface area contributed by atoms with Crippen molar-refractivity contribution >= 4 is 34.0 Å². The van der Waals surface area contributed by atoms with E-state index >= 15 is 0 Å². The summed E-state index contributed by atoms with van der Waals surface area (Å²) >= 11 is 1.60. The topological polar surface area (TPSA) is 54.9 Å². The molecule has 0 unspecified atom stereocenters. The molecule has 25 heavy (non-hydrogen) atoms. The van der Waals surface area contributed by atoms with E-state index in [4.69, 9.17) is 0 Å². The zero-order chi connectivity index (χ0) is 17.1. The van der Waals surface area contributed by atoms with E-state index in [1.165, 1.54) is 0 Å². The summed E-state index contributed by atoms with van der Waals surface area (Å²) in [6, 6.07) is 19.1. The van der Waals surface area contributed by atoms with Gasteiger partial charge in [0.1, 0.15) is 11.9 Å². The molecule has 121 valence electrons. The van der Waals surface area contributed by atoms with Crippen molar-refractivity contribution in [2.24, 2.45) is 0 Å². The first kappa shape index (κ1) is 15.5. The van der Waals surface area contributed by atoms with E-state index in [0.717, 1.165) is 27.2 Å². The summed E-state index contributed by atoms with van der Waals surface area (Å²) < 4.78 is 0. The lowest BCUT2D eigenvalue weighted by atomic mass is 10.1. The molecule has 0 bridgehead atoms. The number of benzene rings is 2. The van der Waals surface area contributed by atoms with Gasteiger partial charge in [-0.25, -0.2) is 9.97 Å². The van der Waals surface area contributed by atoms with Crippen LogP contribution in [0.25, 0.3) is 21.6 Å². The predicted octanol–water partition coefficient (Wildman–Crippen LogP) is 4.34. The summed E-state index contributed by atoms with van der Waals surface area (Å²) in [5.41, 5.74) is 3.90. The molecule has 0 fully saturated rings. The molecule has 0 atom stereocenters. The van der Waals surface area contributed by atoms with Gasteiger partial charge in [-0.3, -0.25) is 4.79 Å². The van der Waals surface area contributed by atoms with Gasteiger partial charge in [0.05, 0.1) is 22.3 Å². The summed E-state index contributed by atoms with van der Waals surface area (Å²) in [6.07, 6.45) is 3.31. The number of amides is 1. The minimum atomic E-state index is -0.0560. The molecule has 4 aromatic rings. The zero-order valence-electron chi connectivity index (χ0n) is 13.3. The highest BCUT2D eigenvalue weighted by atomic mass is 32.1. The van der Waals surface area contributed by atoms with Crippen molar-refractivity contribution in [2.45, 2.75) is 6.42 Å². The number of carbonyl (C=O) groups excluding carboxylic acids is 1. The summed E-state index contributed by atoms with van der Waals surface area (Å²) in [6.45, 7) is 0. The Bertz CT molecular complexity index is 1010. The average molecular weight is 344 g/mol. The van der Waals surface area contributed by atoms with Gasteiger partial charge >= 0.3 is 0 Å². The maximum Gasteiger partial charge on any atom is 0.228 e. The van der Waals surface area contributed by atoms with Crippen molar-refractivity contribution in [1.82, 2.24) is 9.97 Å². The summed E-state index contributed by atoms with van der Waals surface area (Å²) in [5, 5.41) is 4.92. The van der Waals surface area contributed by atoms with Crippen LogP contribution in [0, 0.1) is 6.20 Å². The van der Waals surface area contributed by atoms with Crippen LogP contribution in [-0.2, 0) is 11.2 Å². The molecule has 0 aliphatic rings. The predicted molar refractivity (Wildman–Crippen MR) is 100 cm³/mol. The van der Waals surface area contributed by atoms with Crippen LogP contribution >= 0.6 is 11.3 Å². The van der Waals surface area contributed by atoms with Crippen LogP contribution in [0.3, 0.4) is 0 Å². The molecule has 0 aliphatic heterocycles. The van der Waals surface area contributed by atoms with Crippen LogP contribution in [0.5, 0.6) is 0 Å². The first-order valence-corrected chi connectivity index (χ1v) is 8.73. The fraction of sp³-hybridized carbons (Fsp3) is 0.0500. The summed E-state index contributed by atoms with van der Waals surface area (Å²) in [7, 11) is 0. The molecule has 1 N–H and O–H groups in total. The molecule has 4 rings (SSSR count). The third-order valence-electron chi connectivity index (χ3n) is 3.74. The molecule has 0 spiro atoms. The zero-order valence-corrected chi connectivity index (χ0v) is 14.1. The standard InChI is InChI=1S/C20H14N3OS/c24-20(11-14-5-2-1-3-6-14)22-15-8-9-16-17(12-15)23-18(13-21-16)19-7-4-10-25-19/h1-10,12H,11H2,(H,22,24). The van der Waals surface area contributed by atoms with Crippen molar-refractivity contribution in [3.05, 3.63) is 77.8 Å². The van der Waals surface area contributed by atoms with Gasteiger partial charge in [0.25, 0.3) is 0 Å². The van der Waals surface area contributed by atoms with E-state index in [1.54, 1.807) is 11.3 Å². The Morgan fingerprint density at radius 3 is 2.72 bits per heavy atom. The van der Waals surface area contributed by atoms with E-state index in [9.17, 15) is 4.79 Å². The lowest BCUT2D eigenvalue weighted by Gasteiger charge is -2.07. The monoisotopic (exact) mass is 344 g/mol. The normalized spacial score (nSPS) is 10.7. The number of aromatic nitrogens is 2. The fourth-order valence-corrected chi connectivity index (χ4v) is 3.22. The molecule has 0 aliphatic carbocycles. The highest BCUT2D eigenvalue weighted by Gasteiger charge is 2.07. The third kappa shape index (κ3) is 3.56. The molecule has 2 heterocycles. The number of nitrogens with one attached hydrogen (secondary N) is 1. The van der Waals surface area contributed by atoms with E-state index in [1.807, 2.05) is 66.0 Å². The van der Waals surface area contributed by atoms with Crippen molar-refractivity contribution in [1.29, 1.82) is 0 Å². The Morgan fingerprint density at radius 2 is 1.92 bits per heavy atom. The molecule has 1 amide bonds. The first-order chi connectivity index (χ1) is 12.3. The lowest BCUT2D eigenvalue weighted by molar-refractivity contribution is -0.115. The van der Waals surface area contributed by atoms with Crippen molar-refractivity contribution < 1.29 is 4.79 Å². The number of rotatable bonds is 4. The Morgan fingerprint density at radius 1 is 1.04 bits per heavy atom. The molecule has 0 saturated heterocycles. The Kier molecular flexibility index (Phi) is 4.23. The van der Waals surface area contributed by atoms with Gasteiger partial charge in [-0.2, -0.15) is 0 Å². The van der Waals surface area contributed by atoms with Gasteiger partial charge in [-0.1, -0.05) is 36.4 Å². The molecule has 0 saturated carbocycles. The van der Waals surface area contributed by atoms with Crippen molar-refractivity contribution in [3.8, 4) is 10.6 Å². The van der Waals surface area contributed by atoms with Crippen LogP contribution in [0.2, 0.25) is 0 Å². The van der Waals surface area contributed by atoms with Crippen LogP contribution in [-0.4, -0.2) is 15.9 Å². The minimum Gasteiger partial charge on any atom is -0.326 e. The van der Waals surface area contributed by atoms with Crippen LogP contribution < -0.4 is 5.32 Å². The van der Waals surface area contributed by atoms with Crippen LogP contribution in [0.1, 0.15) is 5.56 Å². The Labute approximate surface area is 149 Å². The largest absolute Gasteiger partial charge is 0.326 e. The molecule has 4 nitrogen and oxygen atoms in total. The highest BCUT2D eigenvalue weighted by Crippen LogP contribution is 2.24. The SMILES string of the molecule is O=C(Cc1ccccc1)Nc1ccc2n[c]c(-c3cccs3)nc2c1. The van der Waals surface area contributed by atoms with Crippen molar-refractivity contribution in [2.75, 3.05) is 5.32 Å². The quantitative estimate of drug-likeness (QED) is 0.599. The second-order valence-corrected chi connectivity index (χ2v) is 6.52. The summed E-state index contributed by atoms with van der Waals surface area (Å²) in [4.78, 5) is 22.2. The fourth-order valence-electron chi connectivity index (χ4n) is 2.55. The smallest absolute Gasteiger partial charge is 0.228 e. The molecule has 5 heteroatoms. The van der Waals surface area contributed by atoms with Crippen LogP contribution in [0.15, 0.2) is 66.0 Å². The maximum atomic E-state index is 12.2. The van der Waals surface area contributed by atoms with E-state index in [0.29, 0.717) is 12.1 Å². The number of fused-ring (bicyclic) bond motifs is 1. The molecular formula is C20H14N3OS.